The van der Waals surface area contributed by atoms with E-state index in [2.05, 4.69) is 43.3 Å². The van der Waals surface area contributed by atoms with Gasteiger partial charge in [-0.2, -0.15) is 0 Å². The molecule has 2 atom stereocenters. The molecule has 0 fully saturated rings. The lowest BCUT2D eigenvalue weighted by Gasteiger charge is -2.24. The normalized spacial score (nSPS) is 26.5. The van der Waals surface area contributed by atoms with Crippen molar-refractivity contribution in [3.8, 4) is 0 Å². The number of fused-ring (bicyclic) bond motifs is 1. The summed E-state index contributed by atoms with van der Waals surface area (Å²) in [4.78, 5) is 2.20. The quantitative estimate of drug-likeness (QED) is 0.696. The van der Waals surface area contributed by atoms with Gasteiger partial charge in [0.2, 0.25) is 0 Å². The highest BCUT2D eigenvalue weighted by atomic mass is 15.1. The fourth-order valence-corrected chi connectivity index (χ4v) is 2.27. The molecule has 70 valence electrons. The second-order valence-corrected chi connectivity index (χ2v) is 3.98. The van der Waals surface area contributed by atoms with Gasteiger partial charge < -0.3 is 10.6 Å². The van der Waals surface area contributed by atoms with Crippen LogP contribution in [0.1, 0.15) is 17.2 Å². The summed E-state index contributed by atoms with van der Waals surface area (Å²) < 4.78 is 0. The zero-order chi connectivity index (χ0) is 9.42. The Morgan fingerprint density at radius 3 is 2.69 bits per heavy atom. The van der Waals surface area contributed by atoms with Gasteiger partial charge in [0.15, 0.2) is 0 Å². The van der Waals surface area contributed by atoms with Crippen molar-refractivity contribution in [1.29, 1.82) is 0 Å². The molecule has 0 saturated heterocycles. The summed E-state index contributed by atoms with van der Waals surface area (Å²) in [6, 6.07) is 9.20. The Bertz CT molecular complexity index is 307. The third-order valence-corrected chi connectivity index (χ3v) is 2.79. The summed E-state index contributed by atoms with van der Waals surface area (Å²) in [6.45, 7) is 0. The van der Waals surface area contributed by atoms with Gasteiger partial charge >= 0.3 is 0 Å². The average Bonchev–Trinajstić information content (AvgIpc) is 2.39. The van der Waals surface area contributed by atoms with Crippen molar-refractivity contribution in [2.75, 3.05) is 14.1 Å². The van der Waals surface area contributed by atoms with Crippen LogP contribution in [0.4, 0.5) is 0 Å². The van der Waals surface area contributed by atoms with Crippen molar-refractivity contribution >= 4 is 0 Å². The SMILES string of the molecule is CN(C)[C@@H]1c2ccccc2C[C@@H]1N. The molecule has 0 spiro atoms. The molecule has 0 amide bonds. The van der Waals surface area contributed by atoms with Crippen LogP contribution in [-0.2, 0) is 6.42 Å². The molecule has 0 saturated carbocycles. The Balaban J connectivity index is 2.40. The zero-order valence-corrected chi connectivity index (χ0v) is 8.20. The number of rotatable bonds is 1. The maximum absolute atomic E-state index is 6.09. The zero-order valence-electron chi connectivity index (χ0n) is 8.20. The van der Waals surface area contributed by atoms with Crippen LogP contribution in [0, 0.1) is 0 Å². The standard InChI is InChI=1S/C11H16N2/c1-13(2)11-9-6-4-3-5-8(9)7-10(11)12/h3-6,10-11H,7,12H2,1-2H3/t10-,11+/m0/s1. The van der Waals surface area contributed by atoms with Crippen LogP contribution in [0.2, 0.25) is 0 Å². The third kappa shape index (κ3) is 1.36. The molecule has 0 unspecified atom stereocenters. The van der Waals surface area contributed by atoms with Crippen LogP contribution in [0.25, 0.3) is 0 Å². The van der Waals surface area contributed by atoms with Crippen molar-refractivity contribution < 1.29 is 0 Å². The first-order valence-corrected chi connectivity index (χ1v) is 4.70. The summed E-state index contributed by atoms with van der Waals surface area (Å²) in [7, 11) is 4.18. The van der Waals surface area contributed by atoms with Gasteiger partial charge in [-0.3, -0.25) is 0 Å². The molecule has 0 bridgehead atoms. The topological polar surface area (TPSA) is 29.3 Å². The van der Waals surface area contributed by atoms with Crippen LogP contribution in [0.3, 0.4) is 0 Å². The van der Waals surface area contributed by atoms with Gasteiger partial charge in [-0.25, -0.2) is 0 Å². The van der Waals surface area contributed by atoms with Crippen LogP contribution < -0.4 is 5.73 Å². The minimum Gasteiger partial charge on any atom is -0.326 e. The van der Waals surface area contributed by atoms with E-state index in [1.54, 1.807) is 0 Å². The lowest BCUT2D eigenvalue weighted by Crippen LogP contribution is -2.34. The minimum absolute atomic E-state index is 0.257. The fourth-order valence-electron chi connectivity index (χ4n) is 2.27. The van der Waals surface area contributed by atoms with Gasteiger partial charge in [0, 0.05) is 12.1 Å². The Morgan fingerprint density at radius 1 is 1.31 bits per heavy atom. The minimum atomic E-state index is 0.257. The van der Waals surface area contributed by atoms with Gasteiger partial charge in [-0.05, 0) is 31.6 Å². The highest BCUT2D eigenvalue weighted by Crippen LogP contribution is 2.32. The lowest BCUT2D eigenvalue weighted by molar-refractivity contribution is 0.273. The molecule has 0 aliphatic heterocycles. The lowest BCUT2D eigenvalue weighted by atomic mass is 10.1. The van der Waals surface area contributed by atoms with E-state index in [1.165, 1.54) is 11.1 Å². The molecule has 1 aromatic rings. The smallest absolute Gasteiger partial charge is 0.0499 e. The van der Waals surface area contributed by atoms with Crippen molar-refractivity contribution in [3.63, 3.8) is 0 Å². The largest absolute Gasteiger partial charge is 0.326 e. The van der Waals surface area contributed by atoms with Crippen molar-refractivity contribution in [2.24, 2.45) is 5.73 Å². The Hall–Kier alpha value is -0.860. The van der Waals surface area contributed by atoms with E-state index >= 15 is 0 Å². The molecule has 1 aliphatic carbocycles. The van der Waals surface area contributed by atoms with E-state index in [9.17, 15) is 0 Å². The molecule has 1 aliphatic rings. The van der Waals surface area contributed by atoms with Crippen LogP contribution in [0.15, 0.2) is 24.3 Å². The number of hydrogen-bond acceptors (Lipinski definition) is 2. The molecule has 0 aromatic heterocycles. The molecule has 0 heterocycles. The van der Waals surface area contributed by atoms with E-state index in [-0.39, 0.29) is 6.04 Å². The third-order valence-electron chi connectivity index (χ3n) is 2.79. The summed E-state index contributed by atoms with van der Waals surface area (Å²) in [5.41, 5.74) is 8.90. The van der Waals surface area contributed by atoms with E-state index in [4.69, 9.17) is 5.73 Å². The highest BCUT2D eigenvalue weighted by molar-refractivity contribution is 5.36. The molecule has 2 rings (SSSR count). The van der Waals surface area contributed by atoms with Crippen LogP contribution in [0.5, 0.6) is 0 Å². The van der Waals surface area contributed by atoms with E-state index in [0.29, 0.717) is 6.04 Å². The summed E-state index contributed by atoms with van der Waals surface area (Å²) in [5, 5.41) is 0. The second kappa shape index (κ2) is 3.13. The molecule has 13 heavy (non-hydrogen) atoms. The fraction of sp³-hybridized carbons (Fsp3) is 0.455. The number of nitrogens with zero attached hydrogens (tertiary/aromatic N) is 1. The molecular formula is C11H16N2. The predicted octanol–water partition coefficient (Wildman–Crippen LogP) is 1.17. The van der Waals surface area contributed by atoms with Crippen LogP contribution >= 0.6 is 0 Å². The van der Waals surface area contributed by atoms with Gasteiger partial charge in [0.25, 0.3) is 0 Å². The van der Waals surface area contributed by atoms with E-state index < -0.39 is 0 Å². The number of nitrogens with two attached hydrogens (primary N) is 1. The van der Waals surface area contributed by atoms with E-state index in [1.807, 2.05) is 0 Å². The van der Waals surface area contributed by atoms with Crippen LogP contribution in [-0.4, -0.2) is 25.0 Å². The number of hydrogen-bond donors (Lipinski definition) is 1. The Kier molecular flexibility index (Phi) is 2.10. The highest BCUT2D eigenvalue weighted by Gasteiger charge is 2.30. The average molecular weight is 176 g/mol. The molecular weight excluding hydrogens is 160 g/mol. The molecule has 1 aromatic carbocycles. The van der Waals surface area contributed by atoms with Gasteiger partial charge in [-0.1, -0.05) is 24.3 Å². The first-order valence-electron chi connectivity index (χ1n) is 4.70. The molecule has 0 radical (unpaired) electrons. The Labute approximate surface area is 79.4 Å². The van der Waals surface area contributed by atoms with Crippen molar-refractivity contribution in [3.05, 3.63) is 35.4 Å². The first kappa shape index (κ1) is 8.73. The van der Waals surface area contributed by atoms with Crippen molar-refractivity contribution in [1.82, 2.24) is 4.90 Å². The monoisotopic (exact) mass is 176 g/mol. The van der Waals surface area contributed by atoms with Crippen molar-refractivity contribution in [2.45, 2.75) is 18.5 Å². The molecule has 2 heteroatoms. The first-order chi connectivity index (χ1) is 6.20. The summed E-state index contributed by atoms with van der Waals surface area (Å²) in [5.74, 6) is 0. The maximum Gasteiger partial charge on any atom is 0.0499 e. The summed E-state index contributed by atoms with van der Waals surface area (Å²) >= 11 is 0. The number of benzene rings is 1. The second-order valence-electron chi connectivity index (χ2n) is 3.98. The maximum atomic E-state index is 6.09. The predicted molar refractivity (Wildman–Crippen MR) is 54.5 cm³/mol. The van der Waals surface area contributed by atoms with E-state index in [0.717, 1.165) is 6.42 Å². The molecule has 2 nitrogen and oxygen atoms in total. The summed E-state index contributed by atoms with van der Waals surface area (Å²) in [6.07, 6.45) is 1.01. The van der Waals surface area contributed by atoms with Gasteiger partial charge in [-0.15, -0.1) is 0 Å². The Morgan fingerprint density at radius 2 is 2.00 bits per heavy atom. The van der Waals surface area contributed by atoms with Gasteiger partial charge in [0.1, 0.15) is 0 Å². The molecule has 2 N–H and O–H groups in total. The number of likely N-dealkylation sites (N-methyl/N-ethyl adjacent to an activating group) is 1. The van der Waals surface area contributed by atoms with Gasteiger partial charge in [0.05, 0.1) is 0 Å².